The molecule has 0 fully saturated rings. The van der Waals surface area contributed by atoms with E-state index in [-0.39, 0.29) is 17.6 Å². The lowest BCUT2D eigenvalue weighted by atomic mass is 10.0. The molecule has 190 valence electrons. The van der Waals surface area contributed by atoms with Gasteiger partial charge >= 0.3 is 0 Å². The van der Waals surface area contributed by atoms with Crippen molar-refractivity contribution in [3.63, 3.8) is 0 Å². The molecule has 7 heteroatoms. The predicted octanol–water partition coefficient (Wildman–Crippen LogP) is 6.70. The van der Waals surface area contributed by atoms with Crippen molar-refractivity contribution >= 4 is 46.8 Å². The van der Waals surface area contributed by atoms with Crippen LogP contribution in [0.25, 0.3) is 0 Å². The number of nitrogens with one attached hydrogen (secondary N) is 1. The van der Waals surface area contributed by atoms with Gasteiger partial charge in [0.05, 0.1) is 5.75 Å². The Balaban J connectivity index is 1.83. The van der Waals surface area contributed by atoms with E-state index in [0.717, 1.165) is 28.7 Å². The first-order chi connectivity index (χ1) is 17.4. The number of amides is 2. The van der Waals surface area contributed by atoms with Crippen molar-refractivity contribution in [2.75, 3.05) is 12.3 Å². The summed E-state index contributed by atoms with van der Waals surface area (Å²) in [4.78, 5) is 28.7. The molecular formula is C29H32Cl2N2O2S. The average Bonchev–Trinajstić information content (AvgIpc) is 2.87. The number of halogens is 2. The number of benzene rings is 3. The predicted molar refractivity (Wildman–Crippen MR) is 152 cm³/mol. The normalized spacial score (nSPS) is 11.7. The minimum atomic E-state index is -0.618. The summed E-state index contributed by atoms with van der Waals surface area (Å²) in [6.07, 6.45) is 1.27. The number of aryl methyl sites for hydroxylation is 1. The SMILES string of the molecule is CCCNC(=O)[C@@H](Cc1ccccc1)N(Cc1ccc(C)cc1)C(=O)CSCc1ccc(Cl)cc1Cl. The topological polar surface area (TPSA) is 49.4 Å². The van der Waals surface area contributed by atoms with Crippen molar-refractivity contribution in [1.29, 1.82) is 0 Å². The van der Waals surface area contributed by atoms with E-state index in [9.17, 15) is 9.59 Å². The second kappa shape index (κ2) is 14.3. The molecule has 4 nitrogen and oxygen atoms in total. The van der Waals surface area contributed by atoms with E-state index in [2.05, 4.69) is 5.32 Å². The molecule has 0 saturated heterocycles. The summed E-state index contributed by atoms with van der Waals surface area (Å²) in [6, 6.07) is 22.7. The molecule has 36 heavy (non-hydrogen) atoms. The highest BCUT2D eigenvalue weighted by Crippen LogP contribution is 2.25. The van der Waals surface area contributed by atoms with E-state index in [4.69, 9.17) is 23.2 Å². The van der Waals surface area contributed by atoms with Gasteiger partial charge in [-0.2, -0.15) is 0 Å². The zero-order valence-electron chi connectivity index (χ0n) is 20.7. The van der Waals surface area contributed by atoms with Gasteiger partial charge in [0.2, 0.25) is 11.8 Å². The van der Waals surface area contributed by atoms with Crippen LogP contribution in [0.5, 0.6) is 0 Å². The zero-order valence-corrected chi connectivity index (χ0v) is 23.0. The molecule has 0 heterocycles. The summed E-state index contributed by atoms with van der Waals surface area (Å²) >= 11 is 13.8. The lowest BCUT2D eigenvalue weighted by molar-refractivity contribution is -0.139. The van der Waals surface area contributed by atoms with E-state index in [1.54, 1.807) is 17.0 Å². The van der Waals surface area contributed by atoms with Gasteiger partial charge in [0.15, 0.2) is 0 Å². The van der Waals surface area contributed by atoms with Gasteiger partial charge in [0.1, 0.15) is 6.04 Å². The number of carbonyl (C=O) groups excluding carboxylic acids is 2. The number of thioether (sulfide) groups is 1. The van der Waals surface area contributed by atoms with Gasteiger partial charge in [0, 0.05) is 35.3 Å². The maximum absolute atomic E-state index is 13.6. The Labute approximate surface area is 228 Å². The van der Waals surface area contributed by atoms with Crippen LogP contribution in [0.4, 0.5) is 0 Å². The third kappa shape index (κ3) is 8.58. The number of hydrogen-bond donors (Lipinski definition) is 1. The maximum atomic E-state index is 13.6. The number of carbonyl (C=O) groups is 2. The smallest absolute Gasteiger partial charge is 0.243 e. The third-order valence-electron chi connectivity index (χ3n) is 5.79. The number of hydrogen-bond acceptors (Lipinski definition) is 3. The minimum Gasteiger partial charge on any atom is -0.354 e. The molecule has 3 aromatic rings. The highest BCUT2D eigenvalue weighted by Gasteiger charge is 2.30. The van der Waals surface area contributed by atoms with E-state index >= 15 is 0 Å². The first-order valence-corrected chi connectivity index (χ1v) is 14.0. The summed E-state index contributed by atoms with van der Waals surface area (Å²) in [5.74, 6) is 0.591. The van der Waals surface area contributed by atoms with Crippen LogP contribution in [-0.2, 0) is 28.3 Å². The Morgan fingerprint density at radius 1 is 0.972 bits per heavy atom. The second-order valence-corrected chi connectivity index (χ2v) is 10.6. The lowest BCUT2D eigenvalue weighted by Gasteiger charge is -2.31. The molecule has 0 radical (unpaired) electrons. The molecule has 0 aromatic heterocycles. The van der Waals surface area contributed by atoms with E-state index in [1.807, 2.05) is 74.5 Å². The Morgan fingerprint density at radius 3 is 2.36 bits per heavy atom. The average molecular weight is 544 g/mol. The number of rotatable bonds is 12. The van der Waals surface area contributed by atoms with Gasteiger partial charge < -0.3 is 10.2 Å². The van der Waals surface area contributed by atoms with Gasteiger partial charge in [-0.3, -0.25) is 9.59 Å². The van der Waals surface area contributed by atoms with Crippen molar-refractivity contribution < 1.29 is 9.59 Å². The molecule has 1 N–H and O–H groups in total. The Kier molecular flexibility index (Phi) is 11.2. The largest absolute Gasteiger partial charge is 0.354 e. The third-order valence-corrected chi connectivity index (χ3v) is 7.35. The van der Waals surface area contributed by atoms with Crippen LogP contribution in [0, 0.1) is 6.92 Å². The maximum Gasteiger partial charge on any atom is 0.243 e. The van der Waals surface area contributed by atoms with Crippen LogP contribution in [0.3, 0.4) is 0 Å². The summed E-state index contributed by atoms with van der Waals surface area (Å²) in [7, 11) is 0. The molecule has 1 atom stereocenters. The van der Waals surface area contributed by atoms with Crippen LogP contribution in [0.1, 0.15) is 35.6 Å². The van der Waals surface area contributed by atoms with Crippen LogP contribution >= 0.6 is 35.0 Å². The summed E-state index contributed by atoms with van der Waals surface area (Å²) in [6.45, 7) is 4.97. The van der Waals surface area contributed by atoms with Crippen molar-refractivity contribution in [2.45, 2.75) is 45.0 Å². The molecule has 0 unspecified atom stereocenters. The molecule has 0 saturated carbocycles. The molecule has 0 spiro atoms. The first kappa shape index (κ1) is 28.1. The quantitative estimate of drug-likeness (QED) is 0.277. The molecule has 3 rings (SSSR count). The van der Waals surface area contributed by atoms with Gasteiger partial charge in [0.25, 0.3) is 0 Å². The highest BCUT2D eigenvalue weighted by atomic mass is 35.5. The summed E-state index contributed by atoms with van der Waals surface area (Å²) < 4.78 is 0. The van der Waals surface area contributed by atoms with Crippen molar-refractivity contribution in [3.8, 4) is 0 Å². The Bertz CT molecular complexity index is 1140. The minimum absolute atomic E-state index is 0.0850. The van der Waals surface area contributed by atoms with Crippen LogP contribution in [-0.4, -0.2) is 35.1 Å². The van der Waals surface area contributed by atoms with Gasteiger partial charge in [-0.15, -0.1) is 11.8 Å². The van der Waals surface area contributed by atoms with Crippen molar-refractivity contribution in [1.82, 2.24) is 10.2 Å². The highest BCUT2D eigenvalue weighted by molar-refractivity contribution is 7.99. The summed E-state index contributed by atoms with van der Waals surface area (Å²) in [5.41, 5.74) is 4.07. The lowest BCUT2D eigenvalue weighted by Crippen LogP contribution is -2.51. The van der Waals surface area contributed by atoms with Crippen molar-refractivity contribution in [3.05, 3.63) is 105 Å². The van der Waals surface area contributed by atoms with Gasteiger partial charge in [-0.25, -0.2) is 0 Å². The summed E-state index contributed by atoms with van der Waals surface area (Å²) in [5, 5.41) is 4.17. The molecule has 0 aliphatic heterocycles. The molecule has 0 aliphatic rings. The fourth-order valence-corrected chi connectivity index (χ4v) is 5.25. The van der Waals surface area contributed by atoms with Crippen LogP contribution in [0.15, 0.2) is 72.8 Å². The number of nitrogens with zero attached hydrogens (tertiary/aromatic N) is 1. The van der Waals surface area contributed by atoms with Crippen molar-refractivity contribution in [2.24, 2.45) is 0 Å². The van der Waals surface area contributed by atoms with E-state index in [1.165, 1.54) is 11.8 Å². The zero-order chi connectivity index (χ0) is 25.9. The molecule has 2 amide bonds. The van der Waals surface area contributed by atoms with Gasteiger partial charge in [-0.1, -0.05) is 96.4 Å². The Morgan fingerprint density at radius 2 is 1.69 bits per heavy atom. The molecule has 3 aromatic carbocycles. The first-order valence-electron chi connectivity index (χ1n) is 12.1. The molecular weight excluding hydrogens is 511 g/mol. The van der Waals surface area contributed by atoms with E-state index < -0.39 is 6.04 Å². The monoisotopic (exact) mass is 542 g/mol. The van der Waals surface area contributed by atoms with Crippen LogP contribution in [0.2, 0.25) is 10.0 Å². The van der Waals surface area contributed by atoms with E-state index in [0.29, 0.717) is 35.3 Å². The second-order valence-electron chi connectivity index (χ2n) is 8.73. The van der Waals surface area contributed by atoms with Crippen LogP contribution < -0.4 is 5.32 Å². The molecule has 0 aliphatic carbocycles. The Hall–Kier alpha value is -2.47. The van der Waals surface area contributed by atoms with Gasteiger partial charge in [-0.05, 0) is 42.2 Å². The fourth-order valence-electron chi connectivity index (χ4n) is 3.78. The molecule has 0 bridgehead atoms. The standard InChI is InChI=1S/C29H32Cl2N2O2S/c1-3-15-32-29(35)27(16-22-7-5-4-6-8-22)33(18-23-11-9-21(2)10-12-23)28(34)20-36-19-24-13-14-25(30)17-26(24)31/h4-14,17,27H,3,15-16,18-20H2,1-2H3,(H,32,35)/t27-/m1/s1. The fraction of sp³-hybridized carbons (Fsp3) is 0.310.